The minimum Gasteiger partial charge on any atom is -0.444 e. The first-order valence-electron chi connectivity index (χ1n) is 8.20. The molecule has 5 nitrogen and oxygen atoms in total. The monoisotopic (exact) mass is 298 g/mol. The molecule has 122 valence electrons. The Hall–Kier alpha value is -0.810. The van der Waals surface area contributed by atoms with E-state index in [1.807, 2.05) is 20.8 Å². The summed E-state index contributed by atoms with van der Waals surface area (Å²) in [6.07, 6.45) is 6.24. The lowest BCUT2D eigenvalue weighted by atomic mass is 9.95. The fourth-order valence-electron chi connectivity index (χ4n) is 3.42. The summed E-state index contributed by atoms with van der Waals surface area (Å²) in [7, 11) is 0. The van der Waals surface area contributed by atoms with E-state index in [0.717, 1.165) is 32.2 Å². The highest BCUT2D eigenvalue weighted by molar-refractivity contribution is 5.68. The number of rotatable bonds is 3. The van der Waals surface area contributed by atoms with Crippen molar-refractivity contribution in [2.24, 2.45) is 0 Å². The second-order valence-electron chi connectivity index (χ2n) is 7.56. The van der Waals surface area contributed by atoms with Gasteiger partial charge in [-0.1, -0.05) is 12.8 Å². The highest BCUT2D eigenvalue weighted by atomic mass is 16.6. The number of hydrogen-bond acceptors (Lipinski definition) is 4. The topological polar surface area (TPSA) is 61.8 Å². The highest BCUT2D eigenvalue weighted by Crippen LogP contribution is 2.30. The van der Waals surface area contributed by atoms with Crippen LogP contribution in [0.2, 0.25) is 0 Å². The van der Waals surface area contributed by atoms with Crippen LogP contribution in [0.25, 0.3) is 0 Å². The smallest absolute Gasteiger partial charge is 0.410 e. The molecule has 0 bridgehead atoms. The van der Waals surface area contributed by atoms with Crippen LogP contribution in [-0.4, -0.2) is 53.0 Å². The van der Waals surface area contributed by atoms with Crippen molar-refractivity contribution in [1.82, 2.24) is 10.2 Å². The Labute approximate surface area is 128 Å². The van der Waals surface area contributed by atoms with Crippen LogP contribution in [0.3, 0.4) is 0 Å². The molecule has 1 amide bonds. The van der Waals surface area contributed by atoms with E-state index in [4.69, 9.17) is 4.74 Å². The number of hydrogen-bond donors (Lipinski definition) is 2. The van der Waals surface area contributed by atoms with Crippen LogP contribution in [0.4, 0.5) is 4.79 Å². The van der Waals surface area contributed by atoms with Gasteiger partial charge in [-0.2, -0.15) is 0 Å². The van der Waals surface area contributed by atoms with Gasteiger partial charge in [0.25, 0.3) is 0 Å². The Balaban J connectivity index is 1.90. The number of likely N-dealkylation sites (tertiary alicyclic amines) is 1. The molecular weight excluding hydrogens is 268 g/mol. The Bertz CT molecular complexity index is 359. The molecule has 1 unspecified atom stereocenters. The molecule has 0 aromatic heterocycles. The van der Waals surface area contributed by atoms with Crippen molar-refractivity contribution in [3.63, 3.8) is 0 Å². The maximum Gasteiger partial charge on any atom is 0.410 e. The third-order valence-corrected chi connectivity index (χ3v) is 4.45. The third kappa shape index (κ3) is 4.58. The predicted molar refractivity (Wildman–Crippen MR) is 82.2 cm³/mol. The number of nitrogens with one attached hydrogen (secondary N) is 1. The van der Waals surface area contributed by atoms with Crippen molar-refractivity contribution < 1.29 is 14.6 Å². The zero-order valence-corrected chi connectivity index (χ0v) is 13.7. The van der Waals surface area contributed by atoms with Crippen LogP contribution >= 0.6 is 0 Å². The van der Waals surface area contributed by atoms with Crippen LogP contribution in [0, 0.1) is 0 Å². The zero-order valence-electron chi connectivity index (χ0n) is 13.7. The minimum absolute atomic E-state index is 0.123. The Morgan fingerprint density at radius 1 is 1.33 bits per heavy atom. The quantitative estimate of drug-likeness (QED) is 0.839. The molecule has 1 aliphatic carbocycles. The molecule has 0 spiro atoms. The lowest BCUT2D eigenvalue weighted by molar-refractivity contribution is 0.0163. The van der Waals surface area contributed by atoms with Gasteiger partial charge in [-0.05, 0) is 46.5 Å². The molecule has 21 heavy (non-hydrogen) atoms. The normalized spacial score (nSPS) is 25.9. The van der Waals surface area contributed by atoms with E-state index in [1.54, 1.807) is 4.90 Å². The number of ether oxygens (including phenoxy) is 1. The maximum absolute atomic E-state index is 12.2. The van der Waals surface area contributed by atoms with E-state index in [1.165, 1.54) is 12.8 Å². The second-order valence-corrected chi connectivity index (χ2v) is 7.56. The van der Waals surface area contributed by atoms with Gasteiger partial charge in [-0.25, -0.2) is 4.79 Å². The fourth-order valence-corrected chi connectivity index (χ4v) is 3.42. The van der Waals surface area contributed by atoms with Crippen molar-refractivity contribution in [2.45, 2.75) is 76.5 Å². The first kappa shape index (κ1) is 16.6. The largest absolute Gasteiger partial charge is 0.444 e. The lowest BCUT2D eigenvalue weighted by Gasteiger charge is -2.39. The number of carbonyl (C=O) groups is 1. The molecule has 0 radical (unpaired) electrons. The summed E-state index contributed by atoms with van der Waals surface area (Å²) in [6.45, 7) is 7.31. The summed E-state index contributed by atoms with van der Waals surface area (Å²) in [5, 5.41) is 13.3. The van der Waals surface area contributed by atoms with Crippen molar-refractivity contribution in [1.29, 1.82) is 0 Å². The third-order valence-electron chi connectivity index (χ3n) is 4.45. The molecule has 2 N–H and O–H groups in total. The average Bonchev–Trinajstić information content (AvgIpc) is 2.86. The summed E-state index contributed by atoms with van der Waals surface area (Å²) in [4.78, 5) is 14.0. The molecule has 2 fully saturated rings. The first-order valence-corrected chi connectivity index (χ1v) is 8.20. The summed E-state index contributed by atoms with van der Waals surface area (Å²) in [5.74, 6) is 0. The van der Waals surface area contributed by atoms with Crippen LogP contribution < -0.4 is 5.32 Å². The van der Waals surface area contributed by atoms with E-state index in [2.05, 4.69) is 5.32 Å². The van der Waals surface area contributed by atoms with Crippen LogP contribution in [0.5, 0.6) is 0 Å². The standard InChI is InChI=1S/C16H30N2O3/c1-15(2,3)21-14(20)18-10-6-7-13(11-18)17-16(12-19)8-4-5-9-16/h13,17,19H,4-12H2,1-3H3. The number of amides is 1. The summed E-state index contributed by atoms with van der Waals surface area (Å²) in [6, 6.07) is 0.261. The van der Waals surface area contributed by atoms with Gasteiger partial charge in [0.15, 0.2) is 0 Å². The van der Waals surface area contributed by atoms with E-state index in [0.29, 0.717) is 6.54 Å². The number of carbonyl (C=O) groups excluding carboxylic acids is 1. The predicted octanol–water partition coefficient (Wildman–Crippen LogP) is 2.28. The van der Waals surface area contributed by atoms with E-state index in [9.17, 15) is 9.90 Å². The van der Waals surface area contributed by atoms with Crippen LogP contribution in [0.15, 0.2) is 0 Å². The van der Waals surface area contributed by atoms with Gasteiger partial charge in [-0.15, -0.1) is 0 Å². The van der Waals surface area contributed by atoms with E-state index >= 15 is 0 Å². The van der Waals surface area contributed by atoms with Crippen molar-refractivity contribution in [3.8, 4) is 0 Å². The maximum atomic E-state index is 12.2. The van der Waals surface area contributed by atoms with Crippen molar-refractivity contribution in [3.05, 3.63) is 0 Å². The van der Waals surface area contributed by atoms with Crippen molar-refractivity contribution in [2.75, 3.05) is 19.7 Å². The minimum atomic E-state index is -0.449. The number of piperidine rings is 1. The number of nitrogens with zero attached hydrogens (tertiary/aromatic N) is 1. The van der Waals surface area contributed by atoms with Gasteiger partial charge in [0.05, 0.1) is 6.61 Å². The highest BCUT2D eigenvalue weighted by Gasteiger charge is 2.37. The van der Waals surface area contributed by atoms with Gasteiger partial charge >= 0.3 is 6.09 Å². The zero-order chi connectivity index (χ0) is 15.5. The Morgan fingerprint density at radius 2 is 2.00 bits per heavy atom. The average molecular weight is 298 g/mol. The molecule has 5 heteroatoms. The first-order chi connectivity index (χ1) is 9.84. The van der Waals surface area contributed by atoms with Gasteiger partial charge in [-0.3, -0.25) is 0 Å². The summed E-state index contributed by atoms with van der Waals surface area (Å²) < 4.78 is 5.46. The van der Waals surface area contributed by atoms with E-state index in [-0.39, 0.29) is 24.3 Å². The van der Waals surface area contributed by atoms with Gasteiger partial charge in [0.2, 0.25) is 0 Å². The molecule has 2 aliphatic rings. The lowest BCUT2D eigenvalue weighted by Crippen LogP contribution is -2.57. The molecule has 1 saturated heterocycles. The van der Waals surface area contributed by atoms with Gasteiger partial charge in [0, 0.05) is 24.7 Å². The summed E-state index contributed by atoms with van der Waals surface area (Å²) >= 11 is 0. The molecule has 1 saturated carbocycles. The second kappa shape index (κ2) is 6.53. The number of aliphatic hydroxyl groups is 1. The Kier molecular flexibility index (Phi) is 5.15. The van der Waals surface area contributed by atoms with E-state index < -0.39 is 5.60 Å². The molecular formula is C16H30N2O3. The SMILES string of the molecule is CC(C)(C)OC(=O)N1CCCC(NC2(CO)CCCC2)C1. The van der Waals surface area contributed by atoms with Crippen LogP contribution in [0.1, 0.15) is 59.3 Å². The van der Waals surface area contributed by atoms with Crippen molar-refractivity contribution >= 4 is 6.09 Å². The Morgan fingerprint density at radius 3 is 2.57 bits per heavy atom. The molecule has 1 atom stereocenters. The van der Waals surface area contributed by atoms with Crippen LogP contribution in [-0.2, 0) is 4.74 Å². The molecule has 1 aliphatic heterocycles. The molecule has 2 rings (SSSR count). The summed E-state index contributed by atoms with van der Waals surface area (Å²) in [5.41, 5.74) is -0.573. The number of aliphatic hydroxyl groups excluding tert-OH is 1. The molecule has 0 aromatic rings. The molecule has 0 aromatic carbocycles. The van der Waals surface area contributed by atoms with Gasteiger partial charge in [0.1, 0.15) is 5.60 Å². The van der Waals surface area contributed by atoms with Gasteiger partial charge < -0.3 is 20.1 Å². The molecule has 1 heterocycles. The fraction of sp³-hybridized carbons (Fsp3) is 0.938.